The maximum absolute atomic E-state index is 15.1. The lowest BCUT2D eigenvalue weighted by atomic mass is 9.83. The third kappa shape index (κ3) is 16.3. The molecule has 5 amide bonds. The molecule has 2 atom stereocenters. The maximum atomic E-state index is 15.1. The van der Waals surface area contributed by atoms with Gasteiger partial charge in [-0.3, -0.25) is 38.6 Å². The molecule has 9 rings (SSSR count). The summed E-state index contributed by atoms with van der Waals surface area (Å²) in [5.41, 5.74) is 2.57. The fourth-order valence-corrected chi connectivity index (χ4v) is 11.7. The molecule has 424 valence electrons. The highest BCUT2D eigenvalue weighted by molar-refractivity contribution is 6.27. The number of alkyl halides is 1. The van der Waals surface area contributed by atoms with Gasteiger partial charge < -0.3 is 29.7 Å². The first-order valence-electron chi connectivity index (χ1n) is 28.6. The lowest BCUT2D eigenvalue weighted by molar-refractivity contribution is -0.137. The van der Waals surface area contributed by atoms with Gasteiger partial charge in [0.05, 0.1) is 23.2 Å². The number of aldehydes is 1. The standard InChI is InChI=1S/C54H67ClFN9O6.C2H4O.2C2H6/c55-33-48(66)65-19-7-12-42(35-65)40-10-6-11-41(32-40)51(68)57-50(39-8-2-1-3-9-39)54(71)64-24-22-61(23-25-64)34-37-17-20-60(21-18-37)36-49(67)62-26-28-63(29-27-62)53(70)45-30-38(15-16-46(45)56)31-47-43-13-4-5-14-44(43)52(69)59-58-47;1-2-3;2*1-2/h4-6,10-11,13-16,30,32,37,39,42,50H,1-3,7-9,12,17-29,31,33-36H2,(H,57,68)(H,59,69);2H,1H3;2*1-2H3. The lowest BCUT2D eigenvalue weighted by Crippen LogP contribution is -2.57. The minimum atomic E-state index is -0.607. The van der Waals surface area contributed by atoms with E-state index in [0.29, 0.717) is 98.8 Å². The van der Waals surface area contributed by atoms with Crippen LogP contribution in [-0.2, 0) is 25.6 Å². The molecule has 4 saturated heterocycles. The Hall–Kier alpha value is -6.04. The number of hydrogen-bond donors (Lipinski definition) is 2. The SMILES string of the molecule is CC.CC.CC=O.O=C(NC(C(=O)N1CCN(CC2CCN(CC(=O)N3CCN(C(=O)c4cc(Cc5n[nH]c(=O)c6ccccc56)ccc4F)CC3)CC2)CC1)C1CCCCC1)c1cccc(C2CCCN(C(=O)CCl)C2)c1. The number of amides is 5. The monoisotopic (exact) mass is 1100 g/mol. The highest BCUT2D eigenvalue weighted by Crippen LogP contribution is 2.31. The molecular weight excluding hydrogens is 1010 g/mol. The number of hydrogen-bond acceptors (Lipinski definition) is 10. The number of benzene rings is 3. The largest absolute Gasteiger partial charge is 0.341 e. The van der Waals surface area contributed by atoms with Gasteiger partial charge in [-0.15, -0.1) is 11.6 Å². The second-order valence-electron chi connectivity index (χ2n) is 20.6. The zero-order chi connectivity index (χ0) is 56.1. The van der Waals surface area contributed by atoms with E-state index < -0.39 is 17.8 Å². The molecule has 4 aromatic rings. The average Bonchev–Trinajstić information content (AvgIpc) is 3.51. The third-order valence-electron chi connectivity index (χ3n) is 15.8. The van der Waals surface area contributed by atoms with Crippen molar-refractivity contribution < 1.29 is 33.2 Å². The first-order valence-corrected chi connectivity index (χ1v) is 29.2. The molecule has 2 N–H and O–H groups in total. The van der Waals surface area contributed by atoms with E-state index in [-0.39, 0.29) is 52.5 Å². The van der Waals surface area contributed by atoms with E-state index in [1.54, 1.807) is 34.1 Å². The van der Waals surface area contributed by atoms with Gasteiger partial charge in [0.25, 0.3) is 17.4 Å². The summed E-state index contributed by atoms with van der Waals surface area (Å²) >= 11 is 5.86. The summed E-state index contributed by atoms with van der Waals surface area (Å²) in [6.45, 7) is 17.8. The summed E-state index contributed by atoms with van der Waals surface area (Å²) in [5, 5.41) is 11.2. The fraction of sp³-hybridized carbons (Fsp3) is 0.567. The van der Waals surface area contributed by atoms with Crippen molar-refractivity contribution in [1.82, 2.24) is 44.9 Å². The number of likely N-dealkylation sites (tertiary alicyclic amines) is 2. The number of halogens is 2. The molecule has 5 heterocycles. The van der Waals surface area contributed by atoms with Crippen molar-refractivity contribution in [2.24, 2.45) is 11.8 Å². The predicted molar refractivity (Wildman–Crippen MR) is 304 cm³/mol. The number of fused-ring (bicyclic) bond motifs is 1. The van der Waals surface area contributed by atoms with E-state index in [0.717, 1.165) is 102 Å². The Morgan fingerprint density at radius 1 is 0.718 bits per heavy atom. The van der Waals surface area contributed by atoms with Gasteiger partial charge in [0.1, 0.15) is 24.0 Å². The van der Waals surface area contributed by atoms with Crippen molar-refractivity contribution in [3.05, 3.63) is 111 Å². The van der Waals surface area contributed by atoms with Crippen molar-refractivity contribution in [1.29, 1.82) is 0 Å². The first-order chi connectivity index (χ1) is 37.9. The van der Waals surface area contributed by atoms with Crippen LogP contribution in [-0.4, -0.2) is 179 Å². The van der Waals surface area contributed by atoms with Crippen LogP contribution in [0.25, 0.3) is 10.8 Å². The number of aromatic nitrogens is 2. The molecule has 4 aliphatic heterocycles. The molecule has 5 aliphatic rings. The predicted octanol–water partition coefficient (Wildman–Crippen LogP) is 7.37. The van der Waals surface area contributed by atoms with Crippen molar-refractivity contribution in [2.45, 2.75) is 111 Å². The van der Waals surface area contributed by atoms with Crippen LogP contribution in [0.5, 0.6) is 0 Å². The van der Waals surface area contributed by atoms with E-state index in [1.165, 1.54) is 13.0 Å². The molecule has 5 fully saturated rings. The summed E-state index contributed by atoms with van der Waals surface area (Å²) in [4.78, 5) is 101. The number of H-pyrrole nitrogens is 1. The number of carbonyl (C=O) groups is 6. The van der Waals surface area contributed by atoms with Gasteiger partial charge in [0, 0.05) is 95.3 Å². The van der Waals surface area contributed by atoms with Crippen LogP contribution < -0.4 is 10.9 Å². The summed E-state index contributed by atoms with van der Waals surface area (Å²) in [7, 11) is 0. The number of nitrogens with zero attached hydrogens (tertiary/aromatic N) is 7. The zero-order valence-corrected chi connectivity index (χ0v) is 47.4. The summed E-state index contributed by atoms with van der Waals surface area (Å²) in [6, 6.07) is 18.7. The van der Waals surface area contributed by atoms with E-state index in [1.807, 2.05) is 73.9 Å². The van der Waals surface area contributed by atoms with Gasteiger partial charge in [-0.25, -0.2) is 9.49 Å². The molecule has 3 aromatic carbocycles. The molecule has 0 bridgehead atoms. The smallest absolute Gasteiger partial charge is 0.272 e. The second kappa shape index (κ2) is 30.9. The van der Waals surface area contributed by atoms with Gasteiger partial charge in [-0.05, 0) is 112 Å². The number of carbonyl (C=O) groups excluding carboxylic acids is 6. The quantitative estimate of drug-likeness (QED) is 0.101. The van der Waals surface area contributed by atoms with Gasteiger partial charge in [0.15, 0.2) is 0 Å². The molecular formula is C60H83ClFN9O7. The van der Waals surface area contributed by atoms with Crippen molar-refractivity contribution in [3.8, 4) is 0 Å². The van der Waals surface area contributed by atoms with Crippen LogP contribution in [0.2, 0.25) is 0 Å². The van der Waals surface area contributed by atoms with Crippen molar-refractivity contribution in [2.75, 3.05) is 97.5 Å². The van der Waals surface area contributed by atoms with Crippen LogP contribution in [0.15, 0.2) is 71.5 Å². The summed E-state index contributed by atoms with van der Waals surface area (Å²) in [5.74, 6) is -0.581. The molecule has 18 heteroatoms. The van der Waals surface area contributed by atoms with Gasteiger partial charge in [0.2, 0.25) is 17.7 Å². The van der Waals surface area contributed by atoms with E-state index in [4.69, 9.17) is 16.4 Å². The molecule has 1 aliphatic carbocycles. The lowest BCUT2D eigenvalue weighted by Gasteiger charge is -2.41. The van der Waals surface area contributed by atoms with Crippen LogP contribution >= 0.6 is 11.6 Å². The number of rotatable bonds is 13. The second-order valence-corrected chi connectivity index (χ2v) is 20.8. The van der Waals surface area contributed by atoms with Crippen LogP contribution in [0.3, 0.4) is 0 Å². The molecule has 16 nitrogen and oxygen atoms in total. The van der Waals surface area contributed by atoms with Crippen LogP contribution in [0, 0.1) is 17.7 Å². The number of aromatic amines is 1. The molecule has 1 aromatic heterocycles. The number of piperazine rings is 2. The zero-order valence-electron chi connectivity index (χ0n) is 46.7. The van der Waals surface area contributed by atoms with E-state index in [2.05, 4.69) is 25.3 Å². The molecule has 78 heavy (non-hydrogen) atoms. The summed E-state index contributed by atoms with van der Waals surface area (Å²) in [6.07, 6.45) is 9.94. The van der Waals surface area contributed by atoms with E-state index >= 15 is 4.39 Å². The Labute approximate surface area is 465 Å². The van der Waals surface area contributed by atoms with E-state index in [9.17, 15) is 28.8 Å². The minimum absolute atomic E-state index is 0.0147. The Bertz CT molecular complexity index is 2680. The van der Waals surface area contributed by atoms with Gasteiger partial charge in [-0.2, -0.15) is 5.10 Å². The molecule has 0 radical (unpaired) electrons. The van der Waals surface area contributed by atoms with Gasteiger partial charge >= 0.3 is 0 Å². The van der Waals surface area contributed by atoms with Crippen LogP contribution in [0.4, 0.5) is 4.39 Å². The Balaban J connectivity index is 0.00000134. The topological polar surface area (TPSA) is 180 Å². The van der Waals surface area contributed by atoms with Gasteiger partial charge in [-0.1, -0.05) is 83.4 Å². The third-order valence-corrected chi connectivity index (χ3v) is 16.0. The molecule has 1 saturated carbocycles. The maximum Gasteiger partial charge on any atom is 0.272 e. The minimum Gasteiger partial charge on any atom is -0.341 e. The first kappa shape index (κ1) is 61.2. The number of piperidine rings is 2. The Morgan fingerprint density at radius 3 is 2.05 bits per heavy atom. The molecule has 0 spiro atoms. The Kier molecular flexibility index (Phi) is 24.3. The highest BCUT2D eigenvalue weighted by atomic mass is 35.5. The fourth-order valence-electron chi connectivity index (χ4n) is 11.6. The molecule has 2 unspecified atom stereocenters. The number of nitrogens with one attached hydrogen (secondary N) is 2. The highest BCUT2D eigenvalue weighted by Gasteiger charge is 2.37. The average molecular weight is 1100 g/mol. The van der Waals surface area contributed by atoms with Crippen molar-refractivity contribution in [3.63, 3.8) is 0 Å². The van der Waals surface area contributed by atoms with Crippen molar-refractivity contribution >= 4 is 58.2 Å². The Morgan fingerprint density at radius 2 is 1.37 bits per heavy atom. The normalized spacial score (nSPS) is 19.0. The van der Waals surface area contributed by atoms with Crippen LogP contribution in [0.1, 0.15) is 136 Å². The summed E-state index contributed by atoms with van der Waals surface area (Å²) < 4.78 is 15.1.